The summed E-state index contributed by atoms with van der Waals surface area (Å²) < 4.78 is 7.80. The summed E-state index contributed by atoms with van der Waals surface area (Å²) in [4.78, 5) is 18.6. The summed E-state index contributed by atoms with van der Waals surface area (Å²) in [6, 6.07) is 5.94. The minimum atomic E-state index is -0.797. The molecule has 27 heavy (non-hydrogen) atoms. The van der Waals surface area contributed by atoms with Crippen LogP contribution in [-0.4, -0.2) is 50.8 Å². The van der Waals surface area contributed by atoms with Gasteiger partial charge in [0, 0.05) is 31.9 Å². The van der Waals surface area contributed by atoms with E-state index in [1.54, 1.807) is 11.1 Å². The number of ether oxygens (including phenoxy) is 1. The van der Waals surface area contributed by atoms with E-state index in [1.807, 2.05) is 42.8 Å². The molecule has 1 N–H and O–H groups in total. The van der Waals surface area contributed by atoms with Crippen LogP contribution in [0.1, 0.15) is 36.7 Å². The van der Waals surface area contributed by atoms with Gasteiger partial charge in [-0.1, -0.05) is 25.1 Å². The van der Waals surface area contributed by atoms with Gasteiger partial charge in [-0.05, 0) is 37.8 Å². The summed E-state index contributed by atoms with van der Waals surface area (Å²) >= 11 is 0. The Labute approximate surface area is 160 Å². The third-order valence-corrected chi connectivity index (χ3v) is 5.38. The van der Waals surface area contributed by atoms with Crippen molar-refractivity contribution in [3.63, 3.8) is 0 Å². The summed E-state index contributed by atoms with van der Waals surface area (Å²) in [7, 11) is 0. The predicted molar refractivity (Wildman–Crippen MR) is 104 cm³/mol. The zero-order valence-corrected chi connectivity index (χ0v) is 16.4. The highest BCUT2D eigenvalue weighted by Crippen LogP contribution is 2.26. The molecule has 1 saturated heterocycles. The highest BCUT2D eigenvalue weighted by atomic mass is 16.5. The number of hydrogen-bond donors (Lipinski definition) is 1. The average molecular weight is 371 g/mol. The molecule has 0 atom stereocenters. The van der Waals surface area contributed by atoms with Crippen molar-refractivity contribution in [3.8, 4) is 5.75 Å². The van der Waals surface area contributed by atoms with E-state index in [-0.39, 0.29) is 12.5 Å². The van der Waals surface area contributed by atoms with Crippen molar-refractivity contribution in [2.75, 3.05) is 19.7 Å². The van der Waals surface area contributed by atoms with E-state index >= 15 is 0 Å². The molecule has 1 fully saturated rings. The standard InChI is InChI=1S/C21H29N3O3/c1-4-18-22-10-13-24(18)15-21(26)8-11-23(12-9-21)19(25)14-27-20-16(2)6-5-7-17(20)3/h5-7,10,13,26H,4,8-9,11-12,14-15H2,1-3H3. The Hall–Kier alpha value is -2.34. The summed E-state index contributed by atoms with van der Waals surface area (Å²) in [6.07, 6.45) is 5.63. The molecule has 0 saturated carbocycles. The number of para-hydroxylation sites is 1. The van der Waals surface area contributed by atoms with E-state index in [4.69, 9.17) is 4.74 Å². The second kappa shape index (κ2) is 8.13. The maximum Gasteiger partial charge on any atom is 0.260 e. The number of aliphatic hydroxyl groups is 1. The van der Waals surface area contributed by atoms with Gasteiger partial charge in [0.05, 0.1) is 12.1 Å². The van der Waals surface area contributed by atoms with Crippen LogP contribution < -0.4 is 4.74 Å². The van der Waals surface area contributed by atoms with E-state index in [0.29, 0.717) is 32.5 Å². The molecule has 2 aromatic rings. The Morgan fingerprint density at radius 1 is 1.26 bits per heavy atom. The monoisotopic (exact) mass is 371 g/mol. The Kier molecular flexibility index (Phi) is 5.85. The number of carbonyl (C=O) groups is 1. The molecule has 1 aromatic carbocycles. The SMILES string of the molecule is CCc1nccn1CC1(O)CCN(C(=O)COc2c(C)cccc2C)CC1. The molecule has 1 aliphatic heterocycles. The number of imidazole rings is 1. The molecule has 1 aromatic heterocycles. The fraction of sp³-hybridized carbons (Fsp3) is 0.524. The first kappa shape index (κ1) is 19.4. The van der Waals surface area contributed by atoms with Crippen molar-refractivity contribution in [3.05, 3.63) is 47.5 Å². The molecule has 2 heterocycles. The topological polar surface area (TPSA) is 67.6 Å². The zero-order valence-electron chi connectivity index (χ0n) is 16.4. The number of piperidine rings is 1. The van der Waals surface area contributed by atoms with Gasteiger partial charge in [-0.25, -0.2) is 4.98 Å². The summed E-state index contributed by atoms with van der Waals surface area (Å²) in [5.41, 5.74) is 1.26. The van der Waals surface area contributed by atoms with Gasteiger partial charge in [0.1, 0.15) is 11.6 Å². The number of hydrogen-bond acceptors (Lipinski definition) is 4. The first-order valence-corrected chi connectivity index (χ1v) is 9.61. The average Bonchev–Trinajstić information content (AvgIpc) is 3.08. The number of carbonyl (C=O) groups excluding carboxylic acids is 1. The first-order valence-electron chi connectivity index (χ1n) is 9.61. The molecule has 0 radical (unpaired) electrons. The van der Waals surface area contributed by atoms with Gasteiger partial charge in [-0.3, -0.25) is 4.79 Å². The van der Waals surface area contributed by atoms with Crippen LogP contribution in [0, 0.1) is 13.8 Å². The lowest BCUT2D eigenvalue weighted by Gasteiger charge is -2.38. The first-order chi connectivity index (χ1) is 12.9. The number of nitrogens with zero attached hydrogens (tertiary/aromatic N) is 3. The summed E-state index contributed by atoms with van der Waals surface area (Å²) in [6.45, 7) is 7.66. The Morgan fingerprint density at radius 2 is 1.93 bits per heavy atom. The zero-order chi connectivity index (χ0) is 19.4. The van der Waals surface area contributed by atoms with Crippen LogP contribution >= 0.6 is 0 Å². The number of likely N-dealkylation sites (tertiary alicyclic amines) is 1. The number of amides is 1. The Balaban J connectivity index is 1.53. The third kappa shape index (κ3) is 4.50. The van der Waals surface area contributed by atoms with E-state index in [0.717, 1.165) is 29.1 Å². The third-order valence-electron chi connectivity index (χ3n) is 5.38. The molecule has 1 aliphatic rings. The Bertz CT molecular complexity index is 771. The largest absolute Gasteiger partial charge is 0.483 e. The molecular weight excluding hydrogens is 342 g/mol. The van der Waals surface area contributed by atoms with Gasteiger partial charge >= 0.3 is 0 Å². The fourth-order valence-electron chi connectivity index (χ4n) is 3.70. The minimum absolute atomic E-state index is 0.0309. The lowest BCUT2D eigenvalue weighted by Crippen LogP contribution is -2.49. The van der Waals surface area contributed by atoms with Crippen molar-refractivity contribution in [1.82, 2.24) is 14.5 Å². The molecular formula is C21H29N3O3. The molecule has 0 bridgehead atoms. The van der Waals surface area contributed by atoms with E-state index in [9.17, 15) is 9.90 Å². The van der Waals surface area contributed by atoms with Gasteiger partial charge in [-0.2, -0.15) is 0 Å². The second-order valence-electron chi connectivity index (χ2n) is 7.44. The van der Waals surface area contributed by atoms with Crippen LogP contribution in [0.15, 0.2) is 30.6 Å². The van der Waals surface area contributed by atoms with E-state index in [2.05, 4.69) is 11.9 Å². The van der Waals surface area contributed by atoms with Crippen LogP contribution in [0.2, 0.25) is 0 Å². The number of benzene rings is 1. The van der Waals surface area contributed by atoms with Crippen molar-refractivity contribution in [1.29, 1.82) is 0 Å². The predicted octanol–water partition coefficient (Wildman–Crippen LogP) is 2.49. The lowest BCUT2D eigenvalue weighted by atomic mass is 9.91. The summed E-state index contributed by atoms with van der Waals surface area (Å²) in [5.74, 6) is 1.73. The van der Waals surface area contributed by atoms with E-state index < -0.39 is 5.60 Å². The Morgan fingerprint density at radius 3 is 2.56 bits per heavy atom. The van der Waals surface area contributed by atoms with Crippen LogP contribution in [-0.2, 0) is 17.8 Å². The lowest BCUT2D eigenvalue weighted by molar-refractivity contribution is -0.138. The number of aromatic nitrogens is 2. The molecule has 0 unspecified atom stereocenters. The normalized spacial score (nSPS) is 16.4. The smallest absolute Gasteiger partial charge is 0.260 e. The highest BCUT2D eigenvalue weighted by Gasteiger charge is 2.34. The van der Waals surface area contributed by atoms with Gasteiger partial charge in [0.15, 0.2) is 6.61 Å². The summed E-state index contributed by atoms with van der Waals surface area (Å²) in [5, 5.41) is 10.9. The maximum atomic E-state index is 12.5. The van der Waals surface area contributed by atoms with Crippen LogP contribution in [0.3, 0.4) is 0 Å². The van der Waals surface area contributed by atoms with Crippen LogP contribution in [0.25, 0.3) is 0 Å². The molecule has 6 nitrogen and oxygen atoms in total. The second-order valence-corrected chi connectivity index (χ2v) is 7.44. The molecule has 0 aliphatic carbocycles. The van der Waals surface area contributed by atoms with Crippen LogP contribution in [0.4, 0.5) is 0 Å². The van der Waals surface area contributed by atoms with Crippen molar-refractivity contribution in [2.45, 2.75) is 52.2 Å². The molecule has 3 rings (SSSR count). The minimum Gasteiger partial charge on any atom is -0.483 e. The highest BCUT2D eigenvalue weighted by molar-refractivity contribution is 5.78. The van der Waals surface area contributed by atoms with Crippen LogP contribution in [0.5, 0.6) is 5.75 Å². The van der Waals surface area contributed by atoms with Crippen molar-refractivity contribution >= 4 is 5.91 Å². The fourth-order valence-corrected chi connectivity index (χ4v) is 3.70. The van der Waals surface area contributed by atoms with E-state index in [1.165, 1.54) is 0 Å². The van der Waals surface area contributed by atoms with Gasteiger partial charge < -0.3 is 19.3 Å². The van der Waals surface area contributed by atoms with Gasteiger partial charge in [0.25, 0.3) is 5.91 Å². The number of rotatable bonds is 6. The molecule has 0 spiro atoms. The van der Waals surface area contributed by atoms with Crippen molar-refractivity contribution in [2.24, 2.45) is 0 Å². The molecule has 6 heteroatoms. The van der Waals surface area contributed by atoms with Gasteiger partial charge in [0.2, 0.25) is 0 Å². The van der Waals surface area contributed by atoms with Crippen molar-refractivity contribution < 1.29 is 14.6 Å². The van der Waals surface area contributed by atoms with Gasteiger partial charge in [-0.15, -0.1) is 0 Å². The molecule has 1 amide bonds. The molecule has 146 valence electrons. The maximum absolute atomic E-state index is 12.5. The number of aryl methyl sites for hydroxylation is 3. The quantitative estimate of drug-likeness (QED) is 0.847.